The molecule has 0 radical (unpaired) electrons. The second kappa shape index (κ2) is 30.2. The molecule has 0 aromatic heterocycles. The lowest BCUT2D eigenvalue weighted by atomic mass is 10.1. The van der Waals surface area contributed by atoms with E-state index in [1.807, 2.05) is 104 Å². The standard InChI is InChI=1S/C18H31NO5SSi.C9H9NO2.C9H22O3SSi/c1-5-22-26(23-6-2,24-7-3)14-8-13-25-18(15-19(20)21)17-11-9-16(4)10-12-17;1-8-2-4-9(5-3-8)6-7-10(11)12;1-4-10-14(11-5-2,12-6-3)9-7-8-13/h9-12,18H,5-8,13-15H2,1-4H3;2-7H,1H3;13H,4-9H2,1-3H3/b;7-6+;. The van der Waals surface area contributed by atoms with E-state index in [1.165, 1.54) is 6.08 Å². The van der Waals surface area contributed by atoms with Crippen LogP contribution >= 0.6 is 24.4 Å². The molecule has 0 fully saturated rings. The Kier molecular flexibility index (Phi) is 29.0. The van der Waals surface area contributed by atoms with Gasteiger partial charge in [-0.1, -0.05) is 59.7 Å². The summed E-state index contributed by atoms with van der Waals surface area (Å²) in [4.78, 5) is 20.3. The molecule has 0 bridgehead atoms. The van der Waals surface area contributed by atoms with Gasteiger partial charge in [-0.15, -0.1) is 11.8 Å². The van der Waals surface area contributed by atoms with Gasteiger partial charge in [-0.3, -0.25) is 20.2 Å². The maximum atomic E-state index is 11.0. The number of hydrogen-bond donors (Lipinski definition) is 1. The number of rotatable bonds is 25. The van der Waals surface area contributed by atoms with E-state index in [2.05, 4.69) is 12.6 Å². The van der Waals surface area contributed by atoms with Crippen molar-refractivity contribution in [2.45, 2.75) is 85.6 Å². The van der Waals surface area contributed by atoms with E-state index in [1.54, 1.807) is 11.8 Å². The van der Waals surface area contributed by atoms with E-state index >= 15 is 0 Å². The van der Waals surface area contributed by atoms with Crippen LogP contribution in [0.2, 0.25) is 12.1 Å². The fraction of sp³-hybridized carbons (Fsp3) is 0.611. The molecule has 0 N–H and O–H groups in total. The Balaban J connectivity index is 0.000000837. The first-order valence-electron chi connectivity index (χ1n) is 18.0. The number of nitro groups is 2. The lowest BCUT2D eigenvalue weighted by molar-refractivity contribution is -0.479. The van der Waals surface area contributed by atoms with Gasteiger partial charge in [-0.2, -0.15) is 12.6 Å². The predicted octanol–water partition coefficient (Wildman–Crippen LogP) is 9.08. The molecule has 52 heavy (non-hydrogen) atoms. The van der Waals surface area contributed by atoms with Crippen molar-refractivity contribution in [1.29, 1.82) is 0 Å². The van der Waals surface area contributed by atoms with Crippen molar-refractivity contribution < 1.29 is 36.4 Å². The van der Waals surface area contributed by atoms with Gasteiger partial charge in [0.1, 0.15) is 0 Å². The zero-order chi connectivity index (χ0) is 39.3. The molecule has 0 heterocycles. The molecule has 0 spiro atoms. The average Bonchev–Trinajstić information content (AvgIpc) is 3.10. The highest BCUT2D eigenvalue weighted by atomic mass is 32.2. The third-order valence-electron chi connectivity index (χ3n) is 7.00. The van der Waals surface area contributed by atoms with Gasteiger partial charge in [-0.05, 0) is 90.9 Å². The Hall–Kier alpha value is -2.13. The molecule has 296 valence electrons. The maximum absolute atomic E-state index is 11.0. The summed E-state index contributed by atoms with van der Waals surface area (Å²) in [6.07, 6.45) is 4.23. The van der Waals surface area contributed by atoms with Gasteiger partial charge in [0.2, 0.25) is 12.7 Å². The van der Waals surface area contributed by atoms with Crippen LogP contribution in [0.1, 0.15) is 81.9 Å². The molecule has 0 saturated heterocycles. The Morgan fingerprint density at radius 2 is 1.10 bits per heavy atom. The molecule has 0 aliphatic carbocycles. The fourth-order valence-electron chi connectivity index (χ4n) is 4.81. The van der Waals surface area contributed by atoms with E-state index in [-0.39, 0.29) is 16.7 Å². The summed E-state index contributed by atoms with van der Waals surface area (Å²) < 4.78 is 34.6. The summed E-state index contributed by atoms with van der Waals surface area (Å²) >= 11 is 5.81. The molecule has 2 aromatic carbocycles. The minimum atomic E-state index is -2.63. The highest BCUT2D eigenvalue weighted by Gasteiger charge is 2.40. The molecule has 0 aliphatic heterocycles. The maximum Gasteiger partial charge on any atom is 0.500 e. The Bertz CT molecular complexity index is 1210. The van der Waals surface area contributed by atoms with Gasteiger partial charge < -0.3 is 26.6 Å². The number of thiol groups is 1. The summed E-state index contributed by atoms with van der Waals surface area (Å²) in [5.74, 6) is 1.65. The van der Waals surface area contributed by atoms with Crippen molar-refractivity contribution >= 4 is 48.1 Å². The second-order valence-corrected chi connectivity index (χ2v) is 18.4. The molecule has 0 amide bonds. The topological polar surface area (TPSA) is 142 Å². The molecular weight excluding hydrogens is 741 g/mol. The van der Waals surface area contributed by atoms with Crippen molar-refractivity contribution in [3.63, 3.8) is 0 Å². The van der Waals surface area contributed by atoms with Crippen LogP contribution in [0, 0.1) is 34.1 Å². The molecule has 16 heteroatoms. The van der Waals surface area contributed by atoms with E-state index in [0.717, 1.165) is 64.9 Å². The zero-order valence-electron chi connectivity index (χ0n) is 32.4. The lowest BCUT2D eigenvalue weighted by Gasteiger charge is -2.28. The van der Waals surface area contributed by atoms with Crippen LogP contribution in [0.5, 0.6) is 0 Å². The van der Waals surface area contributed by atoms with Crippen molar-refractivity contribution in [3.8, 4) is 0 Å². The Morgan fingerprint density at radius 3 is 1.46 bits per heavy atom. The van der Waals surface area contributed by atoms with Gasteiger partial charge in [0.05, 0.1) is 10.2 Å². The number of nitrogens with zero attached hydrogens (tertiary/aromatic N) is 2. The molecule has 2 aromatic rings. The first-order chi connectivity index (χ1) is 24.9. The van der Waals surface area contributed by atoms with Crippen LogP contribution in [0.25, 0.3) is 6.08 Å². The summed E-state index contributed by atoms with van der Waals surface area (Å²) in [6, 6.07) is 17.1. The van der Waals surface area contributed by atoms with Crippen LogP contribution in [0.15, 0.2) is 54.7 Å². The monoisotopic (exact) mass is 802 g/mol. The van der Waals surface area contributed by atoms with Crippen molar-refractivity contribution in [2.24, 2.45) is 0 Å². The predicted molar refractivity (Wildman–Crippen MR) is 219 cm³/mol. The Morgan fingerprint density at radius 1 is 0.692 bits per heavy atom. The first-order valence-corrected chi connectivity index (χ1v) is 23.6. The minimum absolute atomic E-state index is 0.0708. The zero-order valence-corrected chi connectivity index (χ0v) is 36.1. The van der Waals surface area contributed by atoms with Crippen molar-refractivity contribution in [3.05, 3.63) is 97.2 Å². The Labute approximate surface area is 323 Å². The molecule has 1 unspecified atom stereocenters. The summed E-state index contributed by atoms with van der Waals surface area (Å²) in [5.41, 5.74) is 4.14. The fourth-order valence-corrected chi connectivity index (χ4v) is 11.9. The van der Waals surface area contributed by atoms with Crippen LogP contribution < -0.4 is 0 Å². The summed E-state index contributed by atoms with van der Waals surface area (Å²) in [5, 5.41) is 20.8. The van der Waals surface area contributed by atoms with E-state index in [9.17, 15) is 20.2 Å². The average molecular weight is 803 g/mol. The van der Waals surface area contributed by atoms with Gasteiger partial charge >= 0.3 is 17.6 Å². The van der Waals surface area contributed by atoms with Crippen LogP contribution in [-0.2, 0) is 26.6 Å². The number of benzene rings is 2. The van der Waals surface area contributed by atoms with Gasteiger partial charge in [0, 0.05) is 62.7 Å². The third-order valence-corrected chi connectivity index (χ3v) is 15.0. The number of thioether (sulfide) groups is 1. The minimum Gasteiger partial charge on any atom is -0.374 e. The highest BCUT2D eigenvalue weighted by molar-refractivity contribution is 7.99. The largest absolute Gasteiger partial charge is 0.500 e. The van der Waals surface area contributed by atoms with E-state index < -0.39 is 22.5 Å². The van der Waals surface area contributed by atoms with E-state index in [4.69, 9.17) is 26.6 Å². The summed E-state index contributed by atoms with van der Waals surface area (Å²) in [7, 11) is -5.00. The highest BCUT2D eigenvalue weighted by Crippen LogP contribution is 2.31. The van der Waals surface area contributed by atoms with E-state index in [0.29, 0.717) is 39.6 Å². The molecular formula is C36H62N2O10S2Si2. The van der Waals surface area contributed by atoms with Gasteiger partial charge in [-0.25, -0.2) is 0 Å². The smallest absolute Gasteiger partial charge is 0.374 e. The number of hydrogen-bond acceptors (Lipinski definition) is 12. The summed E-state index contributed by atoms with van der Waals surface area (Å²) in [6.45, 7) is 19.3. The van der Waals surface area contributed by atoms with Crippen LogP contribution in [0.4, 0.5) is 0 Å². The molecule has 0 saturated carbocycles. The van der Waals surface area contributed by atoms with Gasteiger partial charge in [0.15, 0.2) is 0 Å². The molecule has 2 rings (SSSR count). The van der Waals surface area contributed by atoms with Crippen molar-refractivity contribution in [1.82, 2.24) is 0 Å². The first kappa shape index (κ1) is 49.9. The quantitative estimate of drug-likeness (QED) is 0.0338. The third kappa shape index (κ3) is 22.8. The SMILES string of the molecule is CCO[Si](CCCS)(OCC)OCC.CCO[Si](CCCSC(C[N+](=O)[O-])c1ccc(C)cc1)(OCC)OCC.Cc1ccc(/C=C/[N+](=O)[O-])cc1. The van der Waals surface area contributed by atoms with Crippen LogP contribution in [-0.4, -0.2) is 85.1 Å². The normalized spacial score (nSPS) is 12.1. The van der Waals surface area contributed by atoms with Crippen LogP contribution in [0.3, 0.4) is 0 Å². The molecule has 0 aliphatic rings. The van der Waals surface area contributed by atoms with Gasteiger partial charge in [0.25, 0.3) is 0 Å². The van der Waals surface area contributed by atoms with Crippen molar-refractivity contribution in [2.75, 3.05) is 57.7 Å². The molecule has 12 nitrogen and oxygen atoms in total. The molecule has 1 atom stereocenters. The lowest BCUT2D eigenvalue weighted by Crippen LogP contribution is -2.46. The second-order valence-electron chi connectivity index (χ2n) is 11.2. The number of aryl methyl sites for hydroxylation is 2.